The highest BCUT2D eigenvalue weighted by molar-refractivity contribution is 7.99. The average Bonchev–Trinajstić information content (AvgIpc) is 2.93. The van der Waals surface area contributed by atoms with Gasteiger partial charge in [-0.1, -0.05) is 37.2 Å². The number of benzene rings is 1. The number of nitrogens with zero attached hydrogens (tertiary/aromatic N) is 2. The van der Waals surface area contributed by atoms with Gasteiger partial charge in [-0.2, -0.15) is 0 Å². The van der Waals surface area contributed by atoms with Crippen molar-refractivity contribution in [2.75, 3.05) is 31.1 Å². The summed E-state index contributed by atoms with van der Waals surface area (Å²) < 4.78 is 0. The summed E-state index contributed by atoms with van der Waals surface area (Å²) >= 11 is 8.31. The highest BCUT2D eigenvalue weighted by atomic mass is 35.5. The number of hydrogen-bond donors (Lipinski definition) is 2. The van der Waals surface area contributed by atoms with Gasteiger partial charge in [-0.15, -0.1) is 24.8 Å². The molecule has 0 bridgehead atoms. The van der Waals surface area contributed by atoms with E-state index in [2.05, 4.69) is 40.1 Å². The van der Waals surface area contributed by atoms with Gasteiger partial charge in [0.2, 0.25) is 0 Å². The van der Waals surface area contributed by atoms with Crippen LogP contribution in [0.3, 0.4) is 0 Å². The fraction of sp³-hybridized carbons (Fsp3) is 0.562. The minimum absolute atomic E-state index is 0. The van der Waals surface area contributed by atoms with Crippen LogP contribution in [0.25, 0.3) is 11.0 Å². The topological polar surface area (TPSA) is 44.0 Å². The second kappa shape index (κ2) is 9.97. The number of thioether (sulfide) groups is 1. The minimum atomic E-state index is 0. The summed E-state index contributed by atoms with van der Waals surface area (Å²) in [6.45, 7) is 8.45. The lowest BCUT2D eigenvalue weighted by Gasteiger charge is -2.30. The van der Waals surface area contributed by atoms with Crippen molar-refractivity contribution in [1.82, 2.24) is 15.3 Å². The number of hydrogen-bond acceptors (Lipinski definition) is 4. The maximum absolute atomic E-state index is 6.48. The Kier molecular flexibility index (Phi) is 9.02. The molecule has 24 heavy (non-hydrogen) atoms. The first kappa shape index (κ1) is 21.7. The van der Waals surface area contributed by atoms with Crippen molar-refractivity contribution >= 4 is 64.9 Å². The monoisotopic (exact) mass is 410 g/mol. The predicted octanol–water partition coefficient (Wildman–Crippen LogP) is 4.75. The molecule has 4 nitrogen and oxygen atoms in total. The van der Waals surface area contributed by atoms with Gasteiger partial charge >= 0.3 is 0 Å². The Labute approximate surface area is 165 Å². The summed E-state index contributed by atoms with van der Waals surface area (Å²) in [5, 5.41) is 5.78. The zero-order valence-electron chi connectivity index (χ0n) is 14.0. The van der Waals surface area contributed by atoms with Crippen molar-refractivity contribution in [2.24, 2.45) is 0 Å². The molecule has 2 N–H and O–H groups in total. The Hall–Kier alpha value is -0.330. The van der Waals surface area contributed by atoms with Gasteiger partial charge in [-0.3, -0.25) is 0 Å². The van der Waals surface area contributed by atoms with E-state index in [0.29, 0.717) is 5.25 Å². The molecule has 0 amide bonds. The van der Waals surface area contributed by atoms with Crippen molar-refractivity contribution in [3.63, 3.8) is 0 Å². The molecule has 0 spiro atoms. The van der Waals surface area contributed by atoms with Crippen LogP contribution in [0, 0.1) is 0 Å². The Morgan fingerprint density at radius 1 is 1.21 bits per heavy atom. The number of anilines is 1. The summed E-state index contributed by atoms with van der Waals surface area (Å²) in [4.78, 5) is 10.5. The van der Waals surface area contributed by atoms with Crippen LogP contribution in [0.4, 0.5) is 5.69 Å². The van der Waals surface area contributed by atoms with E-state index >= 15 is 0 Å². The molecule has 0 saturated carbocycles. The van der Waals surface area contributed by atoms with Crippen LogP contribution in [-0.4, -0.2) is 41.4 Å². The Morgan fingerprint density at radius 3 is 2.50 bits per heavy atom. The lowest BCUT2D eigenvalue weighted by Crippen LogP contribution is -2.43. The summed E-state index contributed by atoms with van der Waals surface area (Å²) in [5.74, 6) is 0. The fourth-order valence-corrected chi connectivity index (χ4v) is 4.06. The predicted molar refractivity (Wildman–Crippen MR) is 111 cm³/mol. The lowest BCUT2D eigenvalue weighted by atomic mass is 10.2. The molecule has 1 aromatic heterocycles. The first-order valence-corrected chi connectivity index (χ1v) is 9.28. The Bertz CT molecular complexity index is 640. The van der Waals surface area contributed by atoms with Crippen LogP contribution in [0.5, 0.6) is 0 Å². The van der Waals surface area contributed by atoms with Crippen molar-refractivity contribution in [3.8, 4) is 0 Å². The molecule has 0 unspecified atom stereocenters. The number of imidazole rings is 1. The molecule has 3 rings (SSSR count). The molecule has 2 aromatic rings. The van der Waals surface area contributed by atoms with Crippen LogP contribution >= 0.6 is 48.2 Å². The highest BCUT2D eigenvalue weighted by Gasteiger charge is 2.16. The number of aromatic nitrogens is 2. The van der Waals surface area contributed by atoms with Gasteiger partial charge in [0.05, 0.1) is 21.7 Å². The number of halogens is 3. The molecule has 1 saturated heterocycles. The number of piperazine rings is 1. The van der Waals surface area contributed by atoms with Gasteiger partial charge in [0, 0.05) is 31.4 Å². The second-order valence-corrected chi connectivity index (χ2v) is 7.35. The largest absolute Gasteiger partial charge is 0.368 e. The normalized spacial score (nSPS) is 14.6. The Morgan fingerprint density at radius 2 is 1.88 bits per heavy atom. The molecular formula is C16H25Cl3N4S. The zero-order chi connectivity index (χ0) is 15.5. The van der Waals surface area contributed by atoms with E-state index < -0.39 is 0 Å². The minimum Gasteiger partial charge on any atom is -0.368 e. The third-order valence-corrected chi connectivity index (χ3v) is 5.89. The molecule has 0 radical (unpaired) electrons. The lowest BCUT2D eigenvalue weighted by molar-refractivity contribution is 0.589. The quantitative estimate of drug-likeness (QED) is 0.697. The number of aromatic amines is 1. The van der Waals surface area contributed by atoms with Crippen LogP contribution in [0.2, 0.25) is 5.02 Å². The molecular weight excluding hydrogens is 387 g/mol. The van der Waals surface area contributed by atoms with Crippen molar-refractivity contribution < 1.29 is 0 Å². The SMILES string of the molecule is CCC(CC)Sc1nc2cc(Cl)c(N3CCNCC3)cc2[nH]1.Cl.Cl. The van der Waals surface area contributed by atoms with E-state index in [4.69, 9.17) is 11.6 Å². The van der Waals surface area contributed by atoms with Crippen LogP contribution in [0.15, 0.2) is 17.3 Å². The van der Waals surface area contributed by atoms with Gasteiger partial charge in [0.15, 0.2) is 5.16 Å². The van der Waals surface area contributed by atoms with Gasteiger partial charge in [-0.25, -0.2) is 4.98 Å². The molecule has 1 aromatic carbocycles. The maximum Gasteiger partial charge on any atom is 0.166 e. The van der Waals surface area contributed by atoms with E-state index in [1.165, 1.54) is 0 Å². The molecule has 0 aliphatic carbocycles. The van der Waals surface area contributed by atoms with E-state index in [0.717, 1.165) is 65.9 Å². The first-order chi connectivity index (χ1) is 10.7. The van der Waals surface area contributed by atoms with Gasteiger partial charge in [0.1, 0.15) is 0 Å². The molecule has 1 aliphatic rings. The third kappa shape index (κ3) is 4.85. The van der Waals surface area contributed by atoms with Crippen molar-refractivity contribution in [1.29, 1.82) is 0 Å². The number of nitrogens with one attached hydrogen (secondary N) is 2. The number of fused-ring (bicyclic) bond motifs is 1. The van der Waals surface area contributed by atoms with Gasteiger partial charge in [-0.05, 0) is 25.0 Å². The standard InChI is InChI=1S/C16H23ClN4S.2ClH/c1-3-11(4-2)22-16-19-13-9-12(17)15(10-14(13)20-16)21-7-5-18-6-8-21;;/h9-11,18H,3-8H2,1-2H3,(H,19,20);2*1H. The van der Waals surface area contributed by atoms with E-state index in [-0.39, 0.29) is 24.8 Å². The Balaban J connectivity index is 0.00000144. The van der Waals surface area contributed by atoms with Crippen molar-refractivity contribution in [2.45, 2.75) is 37.1 Å². The van der Waals surface area contributed by atoms with Gasteiger partial charge < -0.3 is 15.2 Å². The van der Waals surface area contributed by atoms with E-state index in [1.807, 2.05) is 17.8 Å². The molecule has 1 aliphatic heterocycles. The van der Waals surface area contributed by atoms with Crippen LogP contribution in [0.1, 0.15) is 26.7 Å². The molecule has 0 atom stereocenters. The molecule has 8 heteroatoms. The summed E-state index contributed by atoms with van der Waals surface area (Å²) in [5.41, 5.74) is 3.14. The molecule has 136 valence electrons. The summed E-state index contributed by atoms with van der Waals surface area (Å²) in [6.07, 6.45) is 2.32. The van der Waals surface area contributed by atoms with Gasteiger partial charge in [0.25, 0.3) is 0 Å². The maximum atomic E-state index is 6.48. The van der Waals surface area contributed by atoms with Crippen LogP contribution < -0.4 is 10.2 Å². The fourth-order valence-electron chi connectivity index (χ4n) is 2.81. The average molecular weight is 412 g/mol. The first-order valence-electron chi connectivity index (χ1n) is 8.02. The molecule has 2 heterocycles. The van der Waals surface area contributed by atoms with Crippen LogP contribution in [-0.2, 0) is 0 Å². The highest BCUT2D eigenvalue weighted by Crippen LogP contribution is 2.33. The van der Waals surface area contributed by atoms with Crippen molar-refractivity contribution in [3.05, 3.63) is 17.2 Å². The summed E-state index contributed by atoms with van der Waals surface area (Å²) in [7, 11) is 0. The van der Waals surface area contributed by atoms with E-state index in [1.54, 1.807) is 0 Å². The molecule has 1 fully saturated rings. The smallest absolute Gasteiger partial charge is 0.166 e. The second-order valence-electron chi connectivity index (χ2n) is 5.66. The number of rotatable bonds is 5. The zero-order valence-corrected chi connectivity index (χ0v) is 17.2. The van der Waals surface area contributed by atoms with E-state index in [9.17, 15) is 0 Å². The third-order valence-electron chi connectivity index (χ3n) is 4.18. The number of H-pyrrole nitrogens is 1. The summed E-state index contributed by atoms with van der Waals surface area (Å²) in [6, 6.07) is 4.13.